The van der Waals surface area contributed by atoms with Gasteiger partial charge in [-0.05, 0) is 36.4 Å². The maximum atomic E-state index is 12.4. The highest BCUT2D eigenvalue weighted by molar-refractivity contribution is 7.90. The van der Waals surface area contributed by atoms with Crippen molar-refractivity contribution in [2.45, 2.75) is 4.90 Å². The number of sulfonamides is 1. The van der Waals surface area contributed by atoms with Gasteiger partial charge in [0.25, 0.3) is 10.0 Å². The Balaban J connectivity index is 1.71. The first kappa shape index (κ1) is 14.2. The third kappa shape index (κ3) is 2.15. The molecule has 0 saturated heterocycles. The number of rotatable bonds is 1. The van der Waals surface area contributed by atoms with E-state index in [0.717, 1.165) is 27.4 Å². The molecule has 0 bridgehead atoms. The first-order chi connectivity index (χ1) is 12.1. The van der Waals surface area contributed by atoms with Crippen molar-refractivity contribution in [1.29, 1.82) is 0 Å². The Bertz CT molecular complexity index is 1290. The number of aromatic amines is 1. The minimum Gasteiger partial charge on any atom is -0.355 e. The molecule has 1 aliphatic rings. The van der Waals surface area contributed by atoms with Crippen LogP contribution >= 0.6 is 0 Å². The van der Waals surface area contributed by atoms with E-state index in [9.17, 15) is 8.42 Å². The summed E-state index contributed by atoms with van der Waals surface area (Å²) in [4.78, 5) is 3.56. The number of amidine groups is 1. The molecule has 0 spiro atoms. The van der Waals surface area contributed by atoms with Crippen LogP contribution in [0.25, 0.3) is 21.8 Å². The molecule has 0 unspecified atom stereocenters. The van der Waals surface area contributed by atoms with Crippen LogP contribution in [-0.4, -0.2) is 19.2 Å². The maximum absolute atomic E-state index is 12.4. The number of benzene rings is 3. The van der Waals surface area contributed by atoms with Gasteiger partial charge in [-0.1, -0.05) is 30.3 Å². The molecule has 0 saturated carbocycles. The molecule has 5 rings (SSSR count). The van der Waals surface area contributed by atoms with Crippen LogP contribution in [0, 0.1) is 0 Å². The Kier molecular flexibility index (Phi) is 2.81. The fraction of sp³-hybridized carbons (Fsp3) is 0. The van der Waals surface area contributed by atoms with Crippen LogP contribution < -0.4 is 5.32 Å². The zero-order valence-corrected chi connectivity index (χ0v) is 13.8. The van der Waals surface area contributed by atoms with Gasteiger partial charge in [0.15, 0.2) is 5.84 Å². The number of anilines is 1. The van der Waals surface area contributed by atoms with E-state index in [1.165, 1.54) is 0 Å². The van der Waals surface area contributed by atoms with Crippen molar-refractivity contribution in [1.82, 2.24) is 4.98 Å². The Labute approximate surface area is 144 Å². The second-order valence-corrected chi connectivity index (χ2v) is 7.54. The second-order valence-electron chi connectivity index (χ2n) is 5.97. The van der Waals surface area contributed by atoms with Crippen molar-refractivity contribution in [3.8, 4) is 0 Å². The van der Waals surface area contributed by atoms with E-state index >= 15 is 0 Å². The lowest BCUT2D eigenvalue weighted by molar-refractivity contribution is 0.598. The van der Waals surface area contributed by atoms with Crippen LogP contribution in [0.15, 0.2) is 76.0 Å². The minimum atomic E-state index is -3.70. The molecule has 25 heavy (non-hydrogen) atoms. The molecular weight excluding hydrogens is 334 g/mol. The van der Waals surface area contributed by atoms with Crippen LogP contribution in [0.3, 0.4) is 0 Å². The number of H-pyrrole nitrogens is 1. The maximum Gasteiger partial charge on any atom is 0.286 e. The zero-order chi connectivity index (χ0) is 17.0. The molecule has 0 fully saturated rings. The van der Waals surface area contributed by atoms with Gasteiger partial charge in [0.1, 0.15) is 4.90 Å². The van der Waals surface area contributed by atoms with Gasteiger partial charge in [-0.2, -0.15) is 8.42 Å². The summed E-state index contributed by atoms with van der Waals surface area (Å²) in [6, 6.07) is 20.6. The molecule has 0 radical (unpaired) electrons. The van der Waals surface area contributed by atoms with Crippen molar-refractivity contribution >= 4 is 43.4 Å². The van der Waals surface area contributed by atoms with E-state index in [2.05, 4.69) is 14.7 Å². The normalized spacial score (nSPS) is 15.6. The summed E-state index contributed by atoms with van der Waals surface area (Å²) in [6.07, 6.45) is 0. The fourth-order valence-corrected chi connectivity index (χ4v) is 4.37. The minimum absolute atomic E-state index is 0.201. The van der Waals surface area contributed by atoms with Gasteiger partial charge in [0.2, 0.25) is 0 Å². The number of hydrogen-bond acceptors (Lipinski definition) is 3. The molecule has 2 N–H and O–H groups in total. The molecule has 3 aromatic carbocycles. The molecule has 6 heteroatoms. The summed E-state index contributed by atoms with van der Waals surface area (Å²) in [5.41, 5.74) is 3.33. The van der Waals surface area contributed by atoms with Crippen molar-refractivity contribution in [2.75, 3.05) is 5.32 Å². The van der Waals surface area contributed by atoms with Gasteiger partial charge in [0, 0.05) is 27.4 Å². The Morgan fingerprint density at radius 1 is 0.800 bits per heavy atom. The van der Waals surface area contributed by atoms with Crippen LogP contribution in [0.4, 0.5) is 5.69 Å². The smallest absolute Gasteiger partial charge is 0.286 e. The van der Waals surface area contributed by atoms with E-state index in [0.29, 0.717) is 11.5 Å². The van der Waals surface area contributed by atoms with Crippen molar-refractivity contribution in [2.24, 2.45) is 4.40 Å². The highest BCUT2D eigenvalue weighted by atomic mass is 32.2. The Hall–Kier alpha value is -3.12. The monoisotopic (exact) mass is 347 g/mol. The number of para-hydroxylation sites is 2. The number of nitrogens with one attached hydrogen (secondary N) is 2. The van der Waals surface area contributed by atoms with Crippen LogP contribution in [0.2, 0.25) is 0 Å². The summed E-state index contributed by atoms with van der Waals surface area (Å²) in [5.74, 6) is 0.339. The van der Waals surface area contributed by atoms with E-state index in [-0.39, 0.29) is 4.90 Å². The number of fused-ring (bicyclic) bond motifs is 4. The largest absolute Gasteiger partial charge is 0.355 e. The quantitative estimate of drug-likeness (QED) is 0.549. The van der Waals surface area contributed by atoms with Gasteiger partial charge in [0.05, 0.1) is 5.69 Å². The molecule has 0 amide bonds. The SMILES string of the molecule is O=S1(=O)N=C(c2ccc3[nH]c4ccccc4c3c2)Nc2ccccc21. The van der Waals surface area contributed by atoms with Gasteiger partial charge in [-0.15, -0.1) is 4.40 Å². The highest BCUT2D eigenvalue weighted by Crippen LogP contribution is 2.30. The molecule has 122 valence electrons. The molecule has 5 nitrogen and oxygen atoms in total. The molecule has 1 aliphatic heterocycles. The summed E-state index contributed by atoms with van der Waals surface area (Å²) in [7, 11) is -3.70. The Morgan fingerprint density at radius 3 is 2.48 bits per heavy atom. The third-order valence-electron chi connectivity index (χ3n) is 4.41. The predicted octanol–water partition coefficient (Wildman–Crippen LogP) is 3.88. The molecule has 4 aromatic rings. The zero-order valence-electron chi connectivity index (χ0n) is 13.0. The highest BCUT2D eigenvalue weighted by Gasteiger charge is 2.25. The van der Waals surface area contributed by atoms with Gasteiger partial charge in [-0.25, -0.2) is 0 Å². The average Bonchev–Trinajstić information content (AvgIpc) is 2.99. The van der Waals surface area contributed by atoms with E-state index in [4.69, 9.17) is 0 Å². The number of hydrogen-bond donors (Lipinski definition) is 2. The van der Waals surface area contributed by atoms with Crippen molar-refractivity contribution in [3.63, 3.8) is 0 Å². The Morgan fingerprint density at radius 2 is 1.56 bits per heavy atom. The molecule has 1 aromatic heterocycles. The average molecular weight is 347 g/mol. The molecule has 0 aliphatic carbocycles. The van der Waals surface area contributed by atoms with E-state index in [1.54, 1.807) is 24.3 Å². The summed E-state index contributed by atoms with van der Waals surface area (Å²) in [6.45, 7) is 0. The van der Waals surface area contributed by atoms with E-state index in [1.807, 2.05) is 42.5 Å². The van der Waals surface area contributed by atoms with Gasteiger partial charge in [-0.3, -0.25) is 0 Å². The fourth-order valence-electron chi connectivity index (χ4n) is 3.23. The van der Waals surface area contributed by atoms with Crippen LogP contribution in [-0.2, 0) is 10.0 Å². The molecular formula is C19H13N3O2S. The van der Waals surface area contributed by atoms with Crippen LogP contribution in [0.1, 0.15) is 5.56 Å². The molecule has 0 atom stereocenters. The first-order valence-corrected chi connectivity index (χ1v) is 9.28. The second kappa shape index (κ2) is 4.94. The summed E-state index contributed by atoms with van der Waals surface area (Å²) in [5, 5.41) is 5.27. The third-order valence-corrected chi connectivity index (χ3v) is 5.74. The van der Waals surface area contributed by atoms with Crippen LogP contribution in [0.5, 0.6) is 0 Å². The predicted molar refractivity (Wildman–Crippen MR) is 99.6 cm³/mol. The van der Waals surface area contributed by atoms with Crippen molar-refractivity contribution in [3.05, 3.63) is 72.3 Å². The van der Waals surface area contributed by atoms with Gasteiger partial charge < -0.3 is 10.3 Å². The molecule has 2 heterocycles. The number of nitrogens with zero attached hydrogens (tertiary/aromatic N) is 1. The lowest BCUT2D eigenvalue weighted by Gasteiger charge is -2.18. The number of aromatic nitrogens is 1. The van der Waals surface area contributed by atoms with Gasteiger partial charge >= 0.3 is 0 Å². The summed E-state index contributed by atoms with van der Waals surface area (Å²) >= 11 is 0. The van der Waals surface area contributed by atoms with Crippen molar-refractivity contribution < 1.29 is 8.42 Å². The summed E-state index contributed by atoms with van der Waals surface area (Å²) < 4.78 is 28.9. The first-order valence-electron chi connectivity index (χ1n) is 7.84. The topological polar surface area (TPSA) is 74.3 Å². The van der Waals surface area contributed by atoms with E-state index < -0.39 is 10.0 Å². The lowest BCUT2D eigenvalue weighted by atomic mass is 10.1. The lowest BCUT2D eigenvalue weighted by Crippen LogP contribution is -2.22. The standard InChI is InChI=1S/C19H13N3O2S/c23-25(24)18-8-4-3-7-17(18)21-19(22-25)12-9-10-16-14(11-12)13-5-1-2-6-15(13)20-16/h1-11,20H,(H,21,22).